The van der Waals surface area contributed by atoms with Crippen molar-refractivity contribution in [2.24, 2.45) is 0 Å². The lowest BCUT2D eigenvalue weighted by Crippen LogP contribution is -2.03. The number of carbonyl (C=O) groups is 1. The first-order chi connectivity index (χ1) is 19.2. The van der Waals surface area contributed by atoms with Crippen LogP contribution in [0.1, 0.15) is 174 Å². The lowest BCUT2D eigenvalue weighted by molar-refractivity contribution is -0.139. The van der Waals surface area contributed by atoms with Gasteiger partial charge in [-0.3, -0.25) is 0 Å². The standard InChI is InChI=1S/C37H64O2/c1-3-4-5-6-7-8-9-10-11-12-13-14-15-16-17-18-19-20-21-22-23-24-25-26-27-28-29-30-31-32-33-36-34-35(2)39-37(36)38/h14-15,18-19,22-23,34-35H,3-13,16-17,20-21,24-33H2,1-2H3/b15-14-,19-18-,23-22-/t35-/m0/s1. The fourth-order valence-electron chi connectivity index (χ4n) is 5.30. The molecule has 39 heavy (non-hydrogen) atoms. The molecule has 1 aliphatic heterocycles. The van der Waals surface area contributed by atoms with Gasteiger partial charge in [-0.1, -0.05) is 140 Å². The molecule has 0 N–H and O–H groups in total. The normalized spacial score (nSPS) is 15.8. The van der Waals surface area contributed by atoms with Gasteiger partial charge in [0.05, 0.1) is 0 Å². The van der Waals surface area contributed by atoms with Gasteiger partial charge in [-0.15, -0.1) is 0 Å². The van der Waals surface area contributed by atoms with Crippen molar-refractivity contribution < 1.29 is 9.53 Å². The third-order valence-corrected chi connectivity index (χ3v) is 7.78. The number of ether oxygens (including phenoxy) is 1. The molecule has 2 heteroatoms. The van der Waals surface area contributed by atoms with Crippen LogP contribution in [0.5, 0.6) is 0 Å². The molecule has 0 unspecified atom stereocenters. The van der Waals surface area contributed by atoms with E-state index in [0.29, 0.717) is 0 Å². The summed E-state index contributed by atoms with van der Waals surface area (Å²) in [6, 6.07) is 0. The molecule has 1 rings (SSSR count). The summed E-state index contributed by atoms with van der Waals surface area (Å²) in [7, 11) is 0. The van der Waals surface area contributed by atoms with Gasteiger partial charge in [-0.05, 0) is 77.2 Å². The number of allylic oxidation sites excluding steroid dienone is 6. The van der Waals surface area contributed by atoms with Crippen molar-refractivity contribution in [3.05, 3.63) is 48.1 Å². The minimum Gasteiger partial charge on any atom is -0.455 e. The molecule has 1 heterocycles. The SMILES string of the molecule is CCCCCCCCCCCC/C=C\CC/C=C\CC/C=C\CCCCCCCCCCC1=C[C@H](C)OC1=O. The second kappa shape index (κ2) is 28.0. The Hall–Kier alpha value is -1.57. The van der Waals surface area contributed by atoms with Gasteiger partial charge in [0, 0.05) is 5.57 Å². The highest BCUT2D eigenvalue weighted by atomic mass is 16.5. The second-order valence-corrected chi connectivity index (χ2v) is 11.7. The Balaban J connectivity index is 1.74. The van der Waals surface area contributed by atoms with Crippen LogP contribution in [0.4, 0.5) is 0 Å². The van der Waals surface area contributed by atoms with Crippen LogP contribution >= 0.6 is 0 Å². The average molecular weight is 541 g/mol. The molecule has 0 fully saturated rings. The Bertz CT molecular complexity index is 669. The van der Waals surface area contributed by atoms with E-state index in [-0.39, 0.29) is 12.1 Å². The van der Waals surface area contributed by atoms with Crippen LogP contribution in [0.15, 0.2) is 48.1 Å². The minimum absolute atomic E-state index is 0.0226. The molecular weight excluding hydrogens is 476 g/mol. The van der Waals surface area contributed by atoms with Crippen molar-refractivity contribution in [1.82, 2.24) is 0 Å². The zero-order valence-electron chi connectivity index (χ0n) is 26.1. The third-order valence-electron chi connectivity index (χ3n) is 7.78. The first-order valence-corrected chi connectivity index (χ1v) is 17.1. The molecule has 0 aromatic rings. The van der Waals surface area contributed by atoms with E-state index in [1.165, 1.54) is 148 Å². The number of hydrogen-bond acceptors (Lipinski definition) is 2. The summed E-state index contributed by atoms with van der Waals surface area (Å²) in [5.41, 5.74) is 0.893. The topological polar surface area (TPSA) is 26.3 Å². The van der Waals surface area contributed by atoms with E-state index in [4.69, 9.17) is 4.74 Å². The molecule has 224 valence electrons. The van der Waals surface area contributed by atoms with Crippen LogP contribution in [-0.2, 0) is 9.53 Å². The maximum absolute atomic E-state index is 11.6. The summed E-state index contributed by atoms with van der Waals surface area (Å²) in [6.07, 6.45) is 48.9. The number of hydrogen-bond donors (Lipinski definition) is 0. The van der Waals surface area contributed by atoms with Gasteiger partial charge in [-0.25, -0.2) is 4.79 Å². The second-order valence-electron chi connectivity index (χ2n) is 11.7. The number of carbonyl (C=O) groups excluding carboxylic acids is 1. The quantitative estimate of drug-likeness (QED) is 0.0560. The van der Waals surface area contributed by atoms with E-state index in [1.807, 2.05) is 13.0 Å². The van der Waals surface area contributed by atoms with Gasteiger partial charge in [0.2, 0.25) is 0 Å². The number of esters is 1. The van der Waals surface area contributed by atoms with Crippen molar-refractivity contribution in [3.8, 4) is 0 Å². The summed E-state index contributed by atoms with van der Waals surface area (Å²) in [4.78, 5) is 11.6. The van der Waals surface area contributed by atoms with E-state index < -0.39 is 0 Å². The van der Waals surface area contributed by atoms with Crippen molar-refractivity contribution in [1.29, 1.82) is 0 Å². The molecule has 2 nitrogen and oxygen atoms in total. The van der Waals surface area contributed by atoms with Gasteiger partial charge >= 0.3 is 5.97 Å². The first kappa shape index (κ1) is 35.5. The van der Waals surface area contributed by atoms with E-state index in [2.05, 4.69) is 43.4 Å². The predicted molar refractivity (Wildman–Crippen MR) is 172 cm³/mol. The molecule has 0 amide bonds. The van der Waals surface area contributed by atoms with Crippen molar-refractivity contribution in [3.63, 3.8) is 0 Å². The summed E-state index contributed by atoms with van der Waals surface area (Å²) < 4.78 is 5.15. The fraction of sp³-hybridized carbons (Fsp3) is 0.757. The molecular formula is C37H64O2. The molecule has 0 aromatic carbocycles. The van der Waals surface area contributed by atoms with Crippen LogP contribution in [-0.4, -0.2) is 12.1 Å². The fourth-order valence-corrected chi connectivity index (χ4v) is 5.30. The largest absolute Gasteiger partial charge is 0.455 e. The highest BCUT2D eigenvalue weighted by molar-refractivity contribution is 5.90. The maximum atomic E-state index is 11.6. The van der Waals surface area contributed by atoms with Crippen LogP contribution in [0.3, 0.4) is 0 Å². The van der Waals surface area contributed by atoms with E-state index >= 15 is 0 Å². The monoisotopic (exact) mass is 540 g/mol. The summed E-state index contributed by atoms with van der Waals surface area (Å²) in [6.45, 7) is 4.22. The minimum atomic E-state index is -0.0962. The van der Waals surface area contributed by atoms with E-state index in [1.54, 1.807) is 0 Å². The van der Waals surface area contributed by atoms with Gasteiger partial charge in [-0.2, -0.15) is 0 Å². The molecule has 0 saturated carbocycles. The van der Waals surface area contributed by atoms with Crippen LogP contribution in [0, 0.1) is 0 Å². The lowest BCUT2D eigenvalue weighted by atomic mass is 10.0. The van der Waals surface area contributed by atoms with Crippen LogP contribution in [0.25, 0.3) is 0 Å². The van der Waals surface area contributed by atoms with Gasteiger partial charge < -0.3 is 4.74 Å². The van der Waals surface area contributed by atoms with E-state index in [9.17, 15) is 4.79 Å². The van der Waals surface area contributed by atoms with Gasteiger partial charge in [0.1, 0.15) is 6.10 Å². The summed E-state index contributed by atoms with van der Waals surface area (Å²) >= 11 is 0. The Labute approximate surface area is 243 Å². The molecule has 0 aliphatic carbocycles. The van der Waals surface area contributed by atoms with Gasteiger partial charge in [0.25, 0.3) is 0 Å². The Morgan fingerprint density at radius 3 is 1.28 bits per heavy atom. The highest BCUT2D eigenvalue weighted by Gasteiger charge is 2.21. The Morgan fingerprint density at radius 1 is 0.538 bits per heavy atom. The summed E-state index contributed by atoms with van der Waals surface area (Å²) in [5.74, 6) is -0.0962. The van der Waals surface area contributed by atoms with Gasteiger partial charge in [0.15, 0.2) is 0 Å². The molecule has 0 saturated heterocycles. The first-order valence-electron chi connectivity index (χ1n) is 17.1. The Morgan fingerprint density at radius 2 is 0.897 bits per heavy atom. The zero-order chi connectivity index (χ0) is 28.1. The smallest absolute Gasteiger partial charge is 0.334 e. The number of rotatable bonds is 28. The number of unbranched alkanes of at least 4 members (excludes halogenated alkanes) is 20. The van der Waals surface area contributed by atoms with Crippen molar-refractivity contribution >= 4 is 5.97 Å². The summed E-state index contributed by atoms with van der Waals surface area (Å²) in [5, 5.41) is 0. The Kier molecular flexibility index (Phi) is 25.4. The molecule has 0 radical (unpaired) electrons. The number of cyclic esters (lactones) is 1. The highest BCUT2D eigenvalue weighted by Crippen LogP contribution is 2.20. The molecule has 0 bridgehead atoms. The average Bonchev–Trinajstić information content (AvgIpc) is 3.26. The van der Waals surface area contributed by atoms with Crippen LogP contribution < -0.4 is 0 Å². The van der Waals surface area contributed by atoms with Crippen molar-refractivity contribution in [2.75, 3.05) is 0 Å². The van der Waals surface area contributed by atoms with Crippen molar-refractivity contribution in [2.45, 2.75) is 180 Å². The lowest BCUT2D eigenvalue weighted by Gasteiger charge is -2.02. The molecule has 1 atom stereocenters. The van der Waals surface area contributed by atoms with Crippen LogP contribution in [0.2, 0.25) is 0 Å². The third kappa shape index (κ3) is 24.0. The maximum Gasteiger partial charge on any atom is 0.334 e. The zero-order valence-corrected chi connectivity index (χ0v) is 26.1. The predicted octanol–water partition coefficient (Wildman–Crippen LogP) is 12.3. The molecule has 1 aliphatic rings. The van der Waals surface area contributed by atoms with E-state index in [0.717, 1.165) is 18.4 Å². The molecule has 0 spiro atoms. The molecule has 0 aromatic heterocycles.